The van der Waals surface area contributed by atoms with Crippen LogP contribution in [0, 0.1) is 13.8 Å². The number of ether oxygens (including phenoxy) is 1. The Bertz CT molecular complexity index is 816. The molecule has 0 aliphatic carbocycles. The van der Waals surface area contributed by atoms with Crippen LogP contribution < -0.4 is 10.1 Å². The molecular formula is C20H22N2O3. The maximum absolute atomic E-state index is 12.5. The zero-order chi connectivity index (χ0) is 18.0. The van der Waals surface area contributed by atoms with Gasteiger partial charge in [-0.2, -0.15) is 0 Å². The van der Waals surface area contributed by atoms with Crippen molar-refractivity contribution in [1.29, 1.82) is 0 Å². The van der Waals surface area contributed by atoms with E-state index < -0.39 is 6.10 Å². The normalized spacial score (nSPS) is 15.8. The molecule has 1 aliphatic heterocycles. The first-order valence-corrected chi connectivity index (χ1v) is 8.30. The maximum atomic E-state index is 12.5. The number of anilines is 1. The van der Waals surface area contributed by atoms with Crippen LogP contribution in [0.2, 0.25) is 0 Å². The summed E-state index contributed by atoms with van der Waals surface area (Å²) in [6.45, 7) is 4.59. The van der Waals surface area contributed by atoms with E-state index in [0.29, 0.717) is 18.0 Å². The summed E-state index contributed by atoms with van der Waals surface area (Å²) in [7, 11) is 1.75. The van der Waals surface area contributed by atoms with Crippen LogP contribution >= 0.6 is 0 Å². The van der Waals surface area contributed by atoms with E-state index in [0.717, 1.165) is 11.1 Å². The van der Waals surface area contributed by atoms with Crippen molar-refractivity contribution in [2.75, 3.05) is 12.4 Å². The van der Waals surface area contributed by atoms with Gasteiger partial charge in [-0.25, -0.2) is 0 Å². The Morgan fingerprint density at radius 2 is 1.96 bits per heavy atom. The van der Waals surface area contributed by atoms with E-state index in [1.807, 2.05) is 38.1 Å². The molecule has 0 radical (unpaired) electrons. The Balaban J connectivity index is 1.64. The second-order valence-corrected chi connectivity index (χ2v) is 6.48. The molecule has 2 amide bonds. The Hall–Kier alpha value is -2.82. The summed E-state index contributed by atoms with van der Waals surface area (Å²) >= 11 is 0. The molecule has 5 heteroatoms. The Labute approximate surface area is 147 Å². The summed E-state index contributed by atoms with van der Waals surface area (Å²) in [6.07, 6.45) is -0.786. The molecule has 5 nitrogen and oxygen atoms in total. The van der Waals surface area contributed by atoms with Crippen LogP contribution in [0.15, 0.2) is 42.5 Å². The van der Waals surface area contributed by atoms with E-state index in [2.05, 4.69) is 11.4 Å². The van der Waals surface area contributed by atoms with E-state index in [-0.39, 0.29) is 18.2 Å². The molecule has 2 aromatic rings. The largest absolute Gasteiger partial charge is 0.478 e. The molecule has 25 heavy (non-hydrogen) atoms. The zero-order valence-corrected chi connectivity index (χ0v) is 14.7. The van der Waals surface area contributed by atoms with E-state index in [4.69, 9.17) is 4.74 Å². The summed E-state index contributed by atoms with van der Waals surface area (Å²) < 4.78 is 5.70. The van der Waals surface area contributed by atoms with Gasteiger partial charge in [-0.05, 0) is 37.1 Å². The highest BCUT2D eigenvalue weighted by Crippen LogP contribution is 2.29. The lowest BCUT2D eigenvalue weighted by atomic mass is 10.1. The van der Waals surface area contributed by atoms with Gasteiger partial charge in [0.15, 0.2) is 6.10 Å². The second-order valence-electron chi connectivity index (χ2n) is 6.48. The van der Waals surface area contributed by atoms with Crippen molar-refractivity contribution in [1.82, 2.24) is 4.90 Å². The average molecular weight is 338 g/mol. The minimum Gasteiger partial charge on any atom is -0.478 e. The molecule has 0 aromatic heterocycles. The first-order valence-electron chi connectivity index (χ1n) is 8.30. The molecule has 1 heterocycles. The van der Waals surface area contributed by atoms with Crippen LogP contribution in [0.3, 0.4) is 0 Å². The molecule has 2 aromatic carbocycles. The number of rotatable bonds is 4. The highest BCUT2D eigenvalue weighted by atomic mass is 16.5. The van der Waals surface area contributed by atoms with Crippen LogP contribution in [-0.2, 0) is 16.1 Å². The Morgan fingerprint density at radius 3 is 2.72 bits per heavy atom. The SMILES string of the molecule is Cc1ccc(CN(C)C(=O)C[C@@H]2Oc3ccccc3NC2=O)c(C)c1. The van der Waals surface area contributed by atoms with Crippen molar-refractivity contribution >= 4 is 17.5 Å². The standard InChI is InChI=1S/C20H22N2O3/c1-13-8-9-15(14(2)10-13)12-22(3)19(23)11-18-20(24)21-16-6-4-5-7-17(16)25-18/h4-10,18H,11-12H2,1-3H3,(H,21,24)/t18-/m0/s1. The number of para-hydroxylation sites is 2. The van der Waals surface area contributed by atoms with Crippen molar-refractivity contribution in [2.45, 2.75) is 32.9 Å². The Morgan fingerprint density at radius 1 is 1.20 bits per heavy atom. The van der Waals surface area contributed by atoms with Gasteiger partial charge in [0.1, 0.15) is 5.75 Å². The number of aryl methyl sites for hydroxylation is 2. The van der Waals surface area contributed by atoms with Crippen LogP contribution in [0.25, 0.3) is 0 Å². The lowest BCUT2D eigenvalue weighted by Gasteiger charge is -2.27. The number of hydrogen-bond acceptors (Lipinski definition) is 3. The van der Waals surface area contributed by atoms with Gasteiger partial charge in [0, 0.05) is 13.6 Å². The number of benzene rings is 2. The van der Waals surface area contributed by atoms with E-state index in [1.165, 1.54) is 5.56 Å². The molecular weight excluding hydrogens is 316 g/mol. The first-order chi connectivity index (χ1) is 11.9. The van der Waals surface area contributed by atoms with Gasteiger partial charge in [-0.3, -0.25) is 9.59 Å². The van der Waals surface area contributed by atoms with Crippen LogP contribution in [0.4, 0.5) is 5.69 Å². The summed E-state index contributed by atoms with van der Waals surface area (Å²) in [4.78, 5) is 26.3. The third-order valence-electron chi connectivity index (χ3n) is 4.40. The monoisotopic (exact) mass is 338 g/mol. The predicted octanol–water partition coefficient (Wildman–Crippen LogP) is 3.05. The van der Waals surface area contributed by atoms with Gasteiger partial charge in [0.2, 0.25) is 5.91 Å². The van der Waals surface area contributed by atoms with Crippen LogP contribution in [-0.4, -0.2) is 29.9 Å². The van der Waals surface area contributed by atoms with E-state index >= 15 is 0 Å². The van der Waals surface area contributed by atoms with E-state index in [9.17, 15) is 9.59 Å². The second kappa shape index (κ2) is 6.97. The van der Waals surface area contributed by atoms with E-state index in [1.54, 1.807) is 24.1 Å². The molecule has 0 spiro atoms. The van der Waals surface area contributed by atoms with Gasteiger partial charge in [-0.1, -0.05) is 35.9 Å². The topological polar surface area (TPSA) is 58.6 Å². The van der Waals surface area contributed by atoms with Gasteiger partial charge in [-0.15, -0.1) is 0 Å². The van der Waals surface area contributed by atoms with Gasteiger partial charge < -0.3 is 15.0 Å². The minimum atomic E-state index is -0.802. The number of fused-ring (bicyclic) bond motifs is 1. The number of nitrogens with zero attached hydrogens (tertiary/aromatic N) is 1. The third-order valence-corrected chi connectivity index (χ3v) is 4.40. The fraction of sp³-hybridized carbons (Fsp3) is 0.300. The smallest absolute Gasteiger partial charge is 0.266 e. The van der Waals surface area contributed by atoms with Gasteiger partial charge in [0.25, 0.3) is 5.91 Å². The first kappa shape index (κ1) is 17.0. The fourth-order valence-corrected chi connectivity index (χ4v) is 2.91. The number of nitrogens with one attached hydrogen (secondary N) is 1. The number of hydrogen-bond donors (Lipinski definition) is 1. The number of carbonyl (C=O) groups is 2. The molecule has 0 unspecified atom stereocenters. The summed E-state index contributed by atoms with van der Waals surface area (Å²) in [5, 5.41) is 2.78. The lowest BCUT2D eigenvalue weighted by molar-refractivity contribution is -0.136. The molecule has 1 N–H and O–H groups in total. The minimum absolute atomic E-state index is 0.0155. The lowest BCUT2D eigenvalue weighted by Crippen LogP contribution is -2.41. The number of amides is 2. The average Bonchev–Trinajstić information content (AvgIpc) is 2.58. The van der Waals surface area contributed by atoms with Crippen LogP contribution in [0.5, 0.6) is 5.75 Å². The summed E-state index contributed by atoms with van der Waals surface area (Å²) in [5.41, 5.74) is 4.09. The van der Waals surface area contributed by atoms with Crippen LogP contribution in [0.1, 0.15) is 23.1 Å². The molecule has 130 valence electrons. The van der Waals surface area contributed by atoms with Crippen molar-refractivity contribution in [2.24, 2.45) is 0 Å². The predicted molar refractivity (Wildman–Crippen MR) is 96.5 cm³/mol. The van der Waals surface area contributed by atoms with Crippen molar-refractivity contribution in [3.05, 3.63) is 59.2 Å². The highest BCUT2D eigenvalue weighted by Gasteiger charge is 2.30. The maximum Gasteiger partial charge on any atom is 0.266 e. The quantitative estimate of drug-likeness (QED) is 0.932. The van der Waals surface area contributed by atoms with Crippen molar-refractivity contribution < 1.29 is 14.3 Å². The zero-order valence-electron chi connectivity index (χ0n) is 14.7. The fourth-order valence-electron chi connectivity index (χ4n) is 2.91. The van der Waals surface area contributed by atoms with Gasteiger partial charge >= 0.3 is 0 Å². The molecule has 0 fully saturated rings. The highest BCUT2D eigenvalue weighted by molar-refractivity contribution is 5.99. The van der Waals surface area contributed by atoms with Crippen molar-refractivity contribution in [3.63, 3.8) is 0 Å². The molecule has 1 atom stereocenters. The third kappa shape index (κ3) is 3.82. The molecule has 1 aliphatic rings. The number of carbonyl (C=O) groups excluding carboxylic acids is 2. The molecule has 0 saturated carbocycles. The molecule has 0 bridgehead atoms. The molecule has 3 rings (SSSR count). The summed E-state index contributed by atoms with van der Waals surface area (Å²) in [5.74, 6) is 0.184. The Kier molecular flexibility index (Phi) is 4.74. The van der Waals surface area contributed by atoms with Crippen molar-refractivity contribution in [3.8, 4) is 5.75 Å². The summed E-state index contributed by atoms with van der Waals surface area (Å²) in [6, 6.07) is 13.4. The molecule has 0 saturated heterocycles. The van der Waals surface area contributed by atoms with Gasteiger partial charge in [0.05, 0.1) is 12.1 Å².